The smallest absolute Gasteiger partial charge is 0.257 e. The second kappa shape index (κ2) is 5.83. The third-order valence-electron chi connectivity index (χ3n) is 3.82. The lowest BCUT2D eigenvalue weighted by atomic mass is 9.86. The number of carbonyl (C=O) groups excluding carboxylic acids is 1. The molecule has 1 atom stereocenters. The lowest BCUT2D eigenvalue weighted by molar-refractivity contribution is 0.0706. The third kappa shape index (κ3) is 3.12. The van der Waals surface area contributed by atoms with E-state index in [-0.39, 0.29) is 17.4 Å². The van der Waals surface area contributed by atoms with Gasteiger partial charge in [0.25, 0.3) is 5.91 Å². The quantitative estimate of drug-likeness (QED) is 0.920. The molecule has 110 valence electrons. The highest BCUT2D eigenvalue weighted by Gasteiger charge is 2.29. The molecule has 1 amide bonds. The number of ether oxygens (including phenoxy) is 1. The van der Waals surface area contributed by atoms with E-state index in [1.54, 1.807) is 0 Å². The third-order valence-corrected chi connectivity index (χ3v) is 3.82. The second-order valence-corrected chi connectivity index (χ2v) is 6.30. The first-order valence-corrected chi connectivity index (χ1v) is 7.12. The van der Waals surface area contributed by atoms with Crippen molar-refractivity contribution in [3.8, 4) is 5.75 Å². The number of fused-ring (bicyclic) bond motifs is 1. The SMILES string of the molecule is CNC(CN1CCOc2ccccc2C1=O)C(C)(C)C. The predicted octanol–water partition coefficient (Wildman–Crippen LogP) is 2.16. The largest absolute Gasteiger partial charge is 0.491 e. The molecule has 1 aliphatic heterocycles. The molecular weight excluding hydrogens is 252 g/mol. The Bertz CT molecular complexity index is 480. The van der Waals surface area contributed by atoms with Crippen LogP contribution in [0.3, 0.4) is 0 Å². The number of likely N-dealkylation sites (N-methyl/N-ethyl adjacent to an activating group) is 1. The van der Waals surface area contributed by atoms with Gasteiger partial charge in [-0.15, -0.1) is 0 Å². The molecule has 1 aliphatic rings. The van der Waals surface area contributed by atoms with Crippen molar-refractivity contribution in [3.05, 3.63) is 29.8 Å². The van der Waals surface area contributed by atoms with E-state index in [1.165, 1.54) is 0 Å². The van der Waals surface area contributed by atoms with Crippen molar-refractivity contribution in [1.29, 1.82) is 0 Å². The van der Waals surface area contributed by atoms with E-state index in [4.69, 9.17) is 4.74 Å². The molecule has 1 aromatic rings. The molecule has 4 heteroatoms. The zero-order valence-corrected chi connectivity index (χ0v) is 12.8. The summed E-state index contributed by atoms with van der Waals surface area (Å²) in [6.07, 6.45) is 0. The van der Waals surface area contributed by atoms with Crippen LogP contribution in [0, 0.1) is 5.41 Å². The molecule has 1 N–H and O–H groups in total. The Hall–Kier alpha value is -1.55. The summed E-state index contributed by atoms with van der Waals surface area (Å²) in [5, 5.41) is 3.32. The van der Waals surface area contributed by atoms with Gasteiger partial charge in [-0.25, -0.2) is 0 Å². The number of rotatable bonds is 3. The first kappa shape index (κ1) is 14.9. The van der Waals surface area contributed by atoms with Crippen LogP contribution in [0.2, 0.25) is 0 Å². The van der Waals surface area contributed by atoms with Gasteiger partial charge < -0.3 is 15.0 Å². The van der Waals surface area contributed by atoms with Gasteiger partial charge in [0.15, 0.2) is 0 Å². The summed E-state index contributed by atoms with van der Waals surface area (Å²) in [7, 11) is 1.95. The number of amides is 1. The minimum absolute atomic E-state index is 0.0580. The molecule has 0 bridgehead atoms. The normalized spacial score (nSPS) is 17.2. The van der Waals surface area contributed by atoms with E-state index in [0.717, 1.165) is 0 Å². The van der Waals surface area contributed by atoms with Crippen LogP contribution in [-0.4, -0.2) is 43.6 Å². The van der Waals surface area contributed by atoms with Crippen LogP contribution < -0.4 is 10.1 Å². The van der Waals surface area contributed by atoms with Gasteiger partial charge in [0.05, 0.1) is 12.1 Å². The van der Waals surface area contributed by atoms with Crippen molar-refractivity contribution in [1.82, 2.24) is 10.2 Å². The Kier molecular flexibility index (Phi) is 4.33. The zero-order valence-electron chi connectivity index (χ0n) is 12.8. The standard InChI is InChI=1S/C16H24N2O2/c1-16(2,3)14(17-4)11-18-9-10-20-13-8-6-5-7-12(13)15(18)19/h5-8,14,17H,9-11H2,1-4H3. The van der Waals surface area contributed by atoms with Crippen LogP contribution in [0.15, 0.2) is 24.3 Å². The molecule has 1 aromatic carbocycles. The Morgan fingerprint density at radius 1 is 1.35 bits per heavy atom. The molecule has 0 saturated carbocycles. The van der Waals surface area contributed by atoms with Crippen LogP contribution in [0.4, 0.5) is 0 Å². The summed E-state index contributed by atoms with van der Waals surface area (Å²) >= 11 is 0. The first-order valence-electron chi connectivity index (χ1n) is 7.12. The van der Waals surface area contributed by atoms with Crippen molar-refractivity contribution in [2.75, 3.05) is 26.7 Å². The van der Waals surface area contributed by atoms with Crippen molar-refractivity contribution in [2.45, 2.75) is 26.8 Å². The minimum atomic E-state index is 0.0580. The van der Waals surface area contributed by atoms with Crippen LogP contribution in [0.1, 0.15) is 31.1 Å². The average Bonchev–Trinajstić information content (AvgIpc) is 2.55. The Labute approximate surface area is 121 Å². The number of hydrogen-bond donors (Lipinski definition) is 1. The summed E-state index contributed by atoms with van der Waals surface area (Å²) < 4.78 is 5.67. The zero-order chi connectivity index (χ0) is 14.8. The van der Waals surface area contributed by atoms with Crippen LogP contribution in [-0.2, 0) is 0 Å². The maximum atomic E-state index is 12.6. The maximum absolute atomic E-state index is 12.6. The van der Waals surface area contributed by atoms with Crippen molar-refractivity contribution < 1.29 is 9.53 Å². The second-order valence-electron chi connectivity index (χ2n) is 6.30. The molecule has 1 unspecified atom stereocenters. The van der Waals surface area contributed by atoms with Crippen LogP contribution in [0.5, 0.6) is 5.75 Å². The summed E-state index contributed by atoms with van der Waals surface area (Å²) in [5.74, 6) is 0.749. The van der Waals surface area contributed by atoms with Gasteiger partial charge in [-0.2, -0.15) is 0 Å². The van der Waals surface area contributed by atoms with E-state index in [1.807, 2.05) is 36.2 Å². The fraction of sp³-hybridized carbons (Fsp3) is 0.562. The van der Waals surface area contributed by atoms with Gasteiger partial charge in [0.1, 0.15) is 12.4 Å². The molecule has 0 spiro atoms. The fourth-order valence-corrected chi connectivity index (χ4v) is 2.50. The molecular formula is C16H24N2O2. The molecule has 0 fully saturated rings. The number of nitrogens with one attached hydrogen (secondary N) is 1. The van der Waals surface area contributed by atoms with Crippen molar-refractivity contribution in [3.63, 3.8) is 0 Å². The van der Waals surface area contributed by atoms with Crippen LogP contribution in [0.25, 0.3) is 0 Å². The number of nitrogens with zero attached hydrogens (tertiary/aromatic N) is 1. The lowest BCUT2D eigenvalue weighted by Crippen LogP contribution is -2.49. The molecule has 0 saturated heterocycles. The summed E-state index contributed by atoms with van der Waals surface area (Å²) in [4.78, 5) is 14.5. The highest BCUT2D eigenvalue weighted by atomic mass is 16.5. The van der Waals surface area contributed by atoms with Gasteiger partial charge in [0.2, 0.25) is 0 Å². The van der Waals surface area contributed by atoms with Crippen molar-refractivity contribution in [2.24, 2.45) is 5.41 Å². The highest BCUT2D eigenvalue weighted by molar-refractivity contribution is 5.97. The Morgan fingerprint density at radius 2 is 2.05 bits per heavy atom. The van der Waals surface area contributed by atoms with Gasteiger partial charge in [0, 0.05) is 12.6 Å². The topological polar surface area (TPSA) is 41.6 Å². The molecule has 0 radical (unpaired) electrons. The molecule has 0 aromatic heterocycles. The minimum Gasteiger partial charge on any atom is -0.491 e. The first-order chi connectivity index (χ1) is 9.43. The molecule has 1 heterocycles. The van der Waals surface area contributed by atoms with E-state index >= 15 is 0 Å². The molecule has 20 heavy (non-hydrogen) atoms. The predicted molar refractivity (Wildman–Crippen MR) is 80.1 cm³/mol. The van der Waals surface area contributed by atoms with Gasteiger partial charge in [-0.3, -0.25) is 4.79 Å². The molecule has 4 nitrogen and oxygen atoms in total. The number of benzene rings is 1. The number of para-hydroxylation sites is 1. The number of carbonyl (C=O) groups is 1. The molecule has 0 aliphatic carbocycles. The highest BCUT2D eigenvalue weighted by Crippen LogP contribution is 2.25. The average molecular weight is 276 g/mol. The monoisotopic (exact) mass is 276 g/mol. The maximum Gasteiger partial charge on any atom is 0.257 e. The lowest BCUT2D eigenvalue weighted by Gasteiger charge is -2.34. The Morgan fingerprint density at radius 3 is 2.70 bits per heavy atom. The van der Waals surface area contributed by atoms with Crippen LogP contribution >= 0.6 is 0 Å². The summed E-state index contributed by atoms with van der Waals surface area (Å²) in [6.45, 7) is 8.41. The van der Waals surface area contributed by atoms with E-state index in [2.05, 4.69) is 26.1 Å². The summed E-state index contributed by atoms with van der Waals surface area (Å²) in [5.41, 5.74) is 0.760. The Balaban J connectivity index is 2.20. The van der Waals surface area contributed by atoms with Gasteiger partial charge in [-0.1, -0.05) is 32.9 Å². The van der Waals surface area contributed by atoms with E-state index in [0.29, 0.717) is 31.0 Å². The van der Waals surface area contributed by atoms with Crippen molar-refractivity contribution >= 4 is 5.91 Å². The fourth-order valence-electron chi connectivity index (χ4n) is 2.50. The van der Waals surface area contributed by atoms with Gasteiger partial charge >= 0.3 is 0 Å². The molecule has 2 rings (SSSR count). The summed E-state index contributed by atoms with van der Waals surface area (Å²) in [6, 6.07) is 7.71. The van der Waals surface area contributed by atoms with Gasteiger partial charge in [-0.05, 0) is 24.6 Å². The van der Waals surface area contributed by atoms with E-state index < -0.39 is 0 Å². The van der Waals surface area contributed by atoms with E-state index in [9.17, 15) is 4.79 Å². The number of hydrogen-bond acceptors (Lipinski definition) is 3.